The van der Waals surface area contributed by atoms with Gasteiger partial charge in [0.05, 0.1) is 17.0 Å². The Labute approximate surface area is 120 Å². The lowest BCUT2D eigenvalue weighted by Gasteiger charge is -2.13. The molecule has 8 nitrogen and oxygen atoms in total. The summed E-state index contributed by atoms with van der Waals surface area (Å²) in [6.45, 7) is 2.23. The molecule has 0 spiro atoms. The molecule has 1 saturated carbocycles. The highest BCUT2D eigenvalue weighted by Crippen LogP contribution is 2.26. The molecule has 1 aromatic heterocycles. The van der Waals surface area contributed by atoms with Crippen LogP contribution in [0.5, 0.6) is 0 Å². The molecule has 0 unspecified atom stereocenters. The van der Waals surface area contributed by atoms with E-state index in [1.807, 2.05) is 0 Å². The van der Waals surface area contributed by atoms with E-state index >= 15 is 0 Å². The molecular formula is C13H17N3O5. The van der Waals surface area contributed by atoms with E-state index in [0.29, 0.717) is 25.8 Å². The van der Waals surface area contributed by atoms with Crippen molar-refractivity contribution in [2.24, 2.45) is 5.92 Å². The third kappa shape index (κ3) is 3.21. The molecule has 8 heteroatoms. The zero-order valence-electron chi connectivity index (χ0n) is 11.6. The van der Waals surface area contributed by atoms with Gasteiger partial charge in [-0.1, -0.05) is 0 Å². The van der Waals surface area contributed by atoms with Gasteiger partial charge < -0.3 is 15.0 Å². The molecule has 2 N–H and O–H groups in total. The molecular weight excluding hydrogens is 278 g/mol. The average molecular weight is 295 g/mol. The fraction of sp³-hybridized carbons (Fsp3) is 0.538. The highest BCUT2D eigenvalue weighted by atomic mass is 16.6. The van der Waals surface area contributed by atoms with Gasteiger partial charge in [0, 0.05) is 18.7 Å². The van der Waals surface area contributed by atoms with Crippen molar-refractivity contribution in [3.8, 4) is 0 Å². The minimum absolute atomic E-state index is 0.128. The van der Waals surface area contributed by atoms with Crippen molar-refractivity contribution in [1.82, 2.24) is 9.88 Å². The van der Waals surface area contributed by atoms with Crippen molar-refractivity contribution in [2.45, 2.75) is 38.8 Å². The van der Waals surface area contributed by atoms with Gasteiger partial charge in [-0.15, -0.1) is 0 Å². The Bertz CT molecular complexity index is 580. The van der Waals surface area contributed by atoms with Gasteiger partial charge in [0.1, 0.15) is 5.69 Å². The van der Waals surface area contributed by atoms with Crippen LogP contribution in [0.2, 0.25) is 0 Å². The Kier molecular flexibility index (Phi) is 4.25. The van der Waals surface area contributed by atoms with Crippen molar-refractivity contribution >= 4 is 17.6 Å². The number of hydrogen-bond donors (Lipinski definition) is 2. The van der Waals surface area contributed by atoms with E-state index in [0.717, 1.165) is 0 Å². The minimum Gasteiger partial charge on any atom is -0.481 e. The second kappa shape index (κ2) is 5.94. The van der Waals surface area contributed by atoms with Crippen molar-refractivity contribution in [2.75, 3.05) is 0 Å². The zero-order valence-corrected chi connectivity index (χ0v) is 11.6. The molecule has 1 amide bonds. The number of aryl methyl sites for hydroxylation is 1. The van der Waals surface area contributed by atoms with E-state index in [4.69, 9.17) is 5.11 Å². The number of hydrogen-bond acceptors (Lipinski definition) is 4. The Balaban J connectivity index is 2.07. The Hall–Kier alpha value is -2.38. The molecule has 0 radical (unpaired) electrons. The number of nitrogens with one attached hydrogen (secondary N) is 1. The van der Waals surface area contributed by atoms with E-state index in [-0.39, 0.29) is 17.4 Å². The summed E-state index contributed by atoms with van der Waals surface area (Å²) in [5.41, 5.74) is 0.0970. The first-order valence-electron chi connectivity index (χ1n) is 6.80. The quantitative estimate of drug-likeness (QED) is 0.629. The summed E-state index contributed by atoms with van der Waals surface area (Å²) in [7, 11) is 0. The molecule has 1 aromatic rings. The van der Waals surface area contributed by atoms with E-state index in [9.17, 15) is 19.7 Å². The third-order valence-corrected chi connectivity index (χ3v) is 3.78. The summed E-state index contributed by atoms with van der Waals surface area (Å²) < 4.78 is 1.51. The summed E-state index contributed by atoms with van der Waals surface area (Å²) >= 11 is 0. The van der Waals surface area contributed by atoms with Crippen LogP contribution in [0, 0.1) is 16.0 Å². The predicted octanol–water partition coefficient (Wildman–Crippen LogP) is 1.40. The molecule has 114 valence electrons. The number of carboxylic acids is 1. The van der Waals surface area contributed by atoms with Crippen molar-refractivity contribution in [1.29, 1.82) is 0 Å². The number of carboxylic acid groups (broad SMARTS) is 1. The van der Waals surface area contributed by atoms with Crippen LogP contribution in [0.3, 0.4) is 0 Å². The molecule has 1 aliphatic carbocycles. The predicted molar refractivity (Wildman–Crippen MR) is 73.0 cm³/mol. The number of carbonyl (C=O) groups is 2. The van der Waals surface area contributed by atoms with Crippen LogP contribution in [-0.2, 0) is 11.3 Å². The molecule has 1 fully saturated rings. The van der Waals surface area contributed by atoms with E-state index in [2.05, 4.69) is 5.32 Å². The lowest BCUT2D eigenvalue weighted by atomic mass is 10.1. The molecule has 2 rings (SSSR count). The second-order valence-electron chi connectivity index (χ2n) is 5.15. The first kappa shape index (κ1) is 15.0. The summed E-state index contributed by atoms with van der Waals surface area (Å²) in [5, 5.41) is 22.5. The molecule has 0 aromatic carbocycles. The van der Waals surface area contributed by atoms with Crippen LogP contribution in [-0.4, -0.2) is 32.5 Å². The smallest absolute Gasteiger partial charge is 0.306 e. The maximum atomic E-state index is 12.2. The second-order valence-corrected chi connectivity index (χ2v) is 5.15. The maximum Gasteiger partial charge on any atom is 0.306 e. The van der Waals surface area contributed by atoms with Crippen LogP contribution < -0.4 is 5.32 Å². The number of nitrogens with zero attached hydrogens (tertiary/aromatic N) is 2. The van der Waals surface area contributed by atoms with Gasteiger partial charge >= 0.3 is 5.97 Å². The Morgan fingerprint density at radius 2 is 2.24 bits per heavy atom. The lowest BCUT2D eigenvalue weighted by Crippen LogP contribution is -2.34. The molecule has 0 aliphatic heterocycles. The molecule has 0 bridgehead atoms. The SMILES string of the molecule is CCn1cc([N+](=O)[O-])cc1C(=O)N[C@H]1CC[C@@H](C(=O)O)C1. The highest BCUT2D eigenvalue weighted by Gasteiger charge is 2.31. The van der Waals surface area contributed by atoms with Gasteiger partial charge in [0.25, 0.3) is 11.6 Å². The van der Waals surface area contributed by atoms with Crippen molar-refractivity contribution in [3.63, 3.8) is 0 Å². The van der Waals surface area contributed by atoms with Crippen LogP contribution in [0.25, 0.3) is 0 Å². The normalized spacial score (nSPS) is 21.2. The van der Waals surface area contributed by atoms with E-state index < -0.39 is 22.7 Å². The van der Waals surface area contributed by atoms with Crippen LogP contribution >= 0.6 is 0 Å². The van der Waals surface area contributed by atoms with Gasteiger partial charge in [0.15, 0.2) is 0 Å². The number of aliphatic carboxylic acids is 1. The Morgan fingerprint density at radius 1 is 1.52 bits per heavy atom. The van der Waals surface area contributed by atoms with Gasteiger partial charge in [-0.3, -0.25) is 19.7 Å². The first-order valence-corrected chi connectivity index (χ1v) is 6.80. The number of nitro groups is 1. The third-order valence-electron chi connectivity index (χ3n) is 3.78. The summed E-state index contributed by atoms with van der Waals surface area (Å²) in [4.78, 5) is 33.3. The molecule has 1 heterocycles. The topological polar surface area (TPSA) is 114 Å². The van der Waals surface area contributed by atoms with Crippen molar-refractivity contribution in [3.05, 3.63) is 28.1 Å². The van der Waals surface area contributed by atoms with Crippen LogP contribution in [0.15, 0.2) is 12.3 Å². The summed E-state index contributed by atoms with van der Waals surface area (Å²) in [6.07, 6.45) is 2.87. The zero-order chi connectivity index (χ0) is 15.6. The first-order chi connectivity index (χ1) is 9.92. The van der Waals surface area contributed by atoms with E-state index in [1.54, 1.807) is 6.92 Å². The highest BCUT2D eigenvalue weighted by molar-refractivity contribution is 5.93. The standard InChI is InChI=1S/C13H17N3O5/c1-2-15-7-10(16(20)21)6-11(15)12(17)14-9-4-3-8(5-9)13(18)19/h6-9H,2-5H2,1H3,(H,14,17)(H,18,19)/t8-,9+/m1/s1. The largest absolute Gasteiger partial charge is 0.481 e. The van der Waals surface area contributed by atoms with Gasteiger partial charge in [-0.25, -0.2) is 0 Å². The number of aromatic nitrogens is 1. The van der Waals surface area contributed by atoms with E-state index in [1.165, 1.54) is 16.8 Å². The fourth-order valence-corrected chi connectivity index (χ4v) is 2.64. The van der Waals surface area contributed by atoms with Crippen molar-refractivity contribution < 1.29 is 19.6 Å². The molecule has 0 saturated heterocycles. The fourth-order valence-electron chi connectivity index (χ4n) is 2.64. The number of carbonyl (C=O) groups excluding carboxylic acids is 1. The summed E-state index contributed by atoms with van der Waals surface area (Å²) in [5.74, 6) is -1.68. The number of rotatable bonds is 5. The summed E-state index contributed by atoms with van der Waals surface area (Å²) in [6, 6.07) is 1.04. The van der Waals surface area contributed by atoms with Crippen LogP contribution in [0.1, 0.15) is 36.7 Å². The molecule has 2 atom stereocenters. The van der Waals surface area contributed by atoms with Crippen LogP contribution in [0.4, 0.5) is 5.69 Å². The van der Waals surface area contributed by atoms with Gasteiger partial charge in [0.2, 0.25) is 0 Å². The monoisotopic (exact) mass is 295 g/mol. The van der Waals surface area contributed by atoms with Gasteiger partial charge in [-0.2, -0.15) is 0 Å². The average Bonchev–Trinajstić information content (AvgIpc) is 3.04. The maximum absolute atomic E-state index is 12.2. The van der Waals surface area contributed by atoms with Gasteiger partial charge in [-0.05, 0) is 26.2 Å². The number of amides is 1. The Morgan fingerprint density at radius 3 is 2.76 bits per heavy atom. The molecule has 21 heavy (non-hydrogen) atoms. The molecule has 1 aliphatic rings. The lowest BCUT2D eigenvalue weighted by molar-refractivity contribution is -0.384. The minimum atomic E-state index is -0.848.